The SMILES string of the molecule is CC(C)(CO)CCCNCc1ccco1. The molecule has 0 saturated heterocycles. The monoisotopic (exact) mass is 211 g/mol. The quantitative estimate of drug-likeness (QED) is 0.679. The number of furan rings is 1. The van der Waals surface area contributed by atoms with Crippen LogP contribution in [0, 0.1) is 5.41 Å². The van der Waals surface area contributed by atoms with Crippen LogP contribution < -0.4 is 5.32 Å². The van der Waals surface area contributed by atoms with Crippen molar-refractivity contribution in [2.75, 3.05) is 13.2 Å². The lowest BCUT2D eigenvalue weighted by Crippen LogP contribution is -2.20. The molecule has 0 unspecified atom stereocenters. The highest BCUT2D eigenvalue weighted by Crippen LogP contribution is 2.20. The Morgan fingerprint density at radius 2 is 2.27 bits per heavy atom. The lowest BCUT2D eigenvalue weighted by atomic mass is 9.89. The first-order chi connectivity index (χ1) is 7.14. The van der Waals surface area contributed by atoms with Gasteiger partial charge in [-0.15, -0.1) is 0 Å². The highest BCUT2D eigenvalue weighted by atomic mass is 16.3. The van der Waals surface area contributed by atoms with Gasteiger partial charge in [0.05, 0.1) is 12.8 Å². The minimum Gasteiger partial charge on any atom is -0.468 e. The van der Waals surface area contributed by atoms with Crippen molar-refractivity contribution in [2.45, 2.75) is 33.2 Å². The maximum Gasteiger partial charge on any atom is 0.117 e. The number of hydrogen-bond acceptors (Lipinski definition) is 3. The van der Waals surface area contributed by atoms with Gasteiger partial charge in [-0.1, -0.05) is 13.8 Å². The predicted molar refractivity (Wildman–Crippen MR) is 60.5 cm³/mol. The van der Waals surface area contributed by atoms with E-state index in [1.807, 2.05) is 12.1 Å². The van der Waals surface area contributed by atoms with Crippen LogP contribution in [0.3, 0.4) is 0 Å². The van der Waals surface area contributed by atoms with E-state index in [2.05, 4.69) is 19.2 Å². The largest absolute Gasteiger partial charge is 0.468 e. The van der Waals surface area contributed by atoms with Crippen LogP contribution in [0.25, 0.3) is 0 Å². The van der Waals surface area contributed by atoms with E-state index >= 15 is 0 Å². The van der Waals surface area contributed by atoms with Crippen LogP contribution in [-0.4, -0.2) is 18.3 Å². The molecule has 86 valence electrons. The number of rotatable bonds is 7. The van der Waals surface area contributed by atoms with Crippen LogP contribution in [0.15, 0.2) is 22.8 Å². The minimum atomic E-state index is 0.0480. The summed E-state index contributed by atoms with van der Waals surface area (Å²) in [7, 11) is 0. The van der Waals surface area contributed by atoms with E-state index in [0.29, 0.717) is 0 Å². The summed E-state index contributed by atoms with van der Waals surface area (Å²) in [6.07, 6.45) is 3.80. The van der Waals surface area contributed by atoms with E-state index in [9.17, 15) is 0 Å². The summed E-state index contributed by atoms with van der Waals surface area (Å²) >= 11 is 0. The molecule has 15 heavy (non-hydrogen) atoms. The molecule has 1 rings (SSSR count). The Hall–Kier alpha value is -0.800. The predicted octanol–water partition coefficient (Wildman–Crippen LogP) is 2.17. The average Bonchev–Trinajstić information content (AvgIpc) is 2.70. The van der Waals surface area contributed by atoms with Crippen LogP contribution in [-0.2, 0) is 6.54 Å². The van der Waals surface area contributed by atoms with Crippen molar-refractivity contribution in [3.8, 4) is 0 Å². The van der Waals surface area contributed by atoms with Crippen molar-refractivity contribution in [2.24, 2.45) is 5.41 Å². The van der Waals surface area contributed by atoms with Crippen molar-refractivity contribution >= 4 is 0 Å². The Kier molecular flexibility index (Phi) is 4.85. The van der Waals surface area contributed by atoms with Gasteiger partial charge in [0, 0.05) is 6.61 Å². The molecule has 0 aromatic carbocycles. The van der Waals surface area contributed by atoms with Gasteiger partial charge in [0.25, 0.3) is 0 Å². The molecule has 0 aliphatic rings. The summed E-state index contributed by atoms with van der Waals surface area (Å²) in [6, 6.07) is 3.86. The fraction of sp³-hybridized carbons (Fsp3) is 0.667. The third kappa shape index (κ3) is 5.00. The summed E-state index contributed by atoms with van der Waals surface area (Å²) in [5, 5.41) is 12.4. The third-order valence-corrected chi connectivity index (χ3v) is 2.51. The minimum absolute atomic E-state index is 0.0480. The summed E-state index contributed by atoms with van der Waals surface area (Å²) in [5.41, 5.74) is 0.0480. The number of aliphatic hydroxyl groups is 1. The molecule has 0 amide bonds. The Morgan fingerprint density at radius 1 is 1.47 bits per heavy atom. The zero-order chi connectivity index (χ0) is 11.1. The molecule has 0 atom stereocenters. The molecule has 0 aliphatic carbocycles. The summed E-state index contributed by atoms with van der Waals surface area (Å²) in [5.74, 6) is 0.969. The summed E-state index contributed by atoms with van der Waals surface area (Å²) in [4.78, 5) is 0. The Labute approximate surface area is 91.5 Å². The molecule has 0 saturated carbocycles. The molecule has 1 heterocycles. The van der Waals surface area contributed by atoms with E-state index in [1.165, 1.54) is 0 Å². The smallest absolute Gasteiger partial charge is 0.117 e. The van der Waals surface area contributed by atoms with Crippen molar-refractivity contribution in [3.63, 3.8) is 0 Å². The van der Waals surface area contributed by atoms with Gasteiger partial charge in [-0.25, -0.2) is 0 Å². The molecular formula is C12H21NO2. The second kappa shape index (κ2) is 5.93. The maximum absolute atomic E-state index is 9.07. The lowest BCUT2D eigenvalue weighted by Gasteiger charge is -2.21. The van der Waals surface area contributed by atoms with Gasteiger partial charge in [0.2, 0.25) is 0 Å². The van der Waals surface area contributed by atoms with Crippen molar-refractivity contribution in [3.05, 3.63) is 24.2 Å². The first-order valence-electron chi connectivity index (χ1n) is 5.48. The van der Waals surface area contributed by atoms with Crippen LogP contribution in [0.1, 0.15) is 32.4 Å². The molecule has 0 spiro atoms. The molecular weight excluding hydrogens is 190 g/mol. The fourth-order valence-electron chi connectivity index (χ4n) is 1.40. The van der Waals surface area contributed by atoms with E-state index in [-0.39, 0.29) is 12.0 Å². The van der Waals surface area contributed by atoms with Gasteiger partial charge >= 0.3 is 0 Å². The topological polar surface area (TPSA) is 45.4 Å². The number of aliphatic hydroxyl groups excluding tert-OH is 1. The van der Waals surface area contributed by atoms with Crippen LogP contribution >= 0.6 is 0 Å². The highest BCUT2D eigenvalue weighted by molar-refractivity contribution is 4.97. The van der Waals surface area contributed by atoms with Gasteiger partial charge in [-0.3, -0.25) is 0 Å². The van der Waals surface area contributed by atoms with Crippen LogP contribution in [0.4, 0.5) is 0 Å². The van der Waals surface area contributed by atoms with Gasteiger partial charge in [0.15, 0.2) is 0 Å². The molecule has 3 heteroatoms. The first-order valence-corrected chi connectivity index (χ1v) is 5.48. The van der Waals surface area contributed by atoms with Gasteiger partial charge in [-0.2, -0.15) is 0 Å². The molecule has 1 aromatic rings. The molecule has 1 aromatic heterocycles. The Bertz CT molecular complexity index is 255. The maximum atomic E-state index is 9.07. The second-order valence-electron chi connectivity index (χ2n) is 4.68. The number of hydrogen-bond donors (Lipinski definition) is 2. The third-order valence-electron chi connectivity index (χ3n) is 2.51. The van der Waals surface area contributed by atoms with Gasteiger partial charge < -0.3 is 14.8 Å². The molecule has 0 fully saturated rings. The summed E-state index contributed by atoms with van der Waals surface area (Å²) < 4.78 is 5.20. The van der Waals surface area contributed by atoms with Crippen LogP contribution in [0.2, 0.25) is 0 Å². The molecule has 0 aliphatic heterocycles. The first kappa shape index (κ1) is 12.3. The zero-order valence-electron chi connectivity index (χ0n) is 9.62. The average molecular weight is 211 g/mol. The normalized spacial score (nSPS) is 11.9. The van der Waals surface area contributed by atoms with Crippen molar-refractivity contribution in [1.82, 2.24) is 5.32 Å². The molecule has 2 N–H and O–H groups in total. The van der Waals surface area contributed by atoms with Gasteiger partial charge in [-0.05, 0) is 36.9 Å². The molecule has 0 radical (unpaired) electrons. The zero-order valence-corrected chi connectivity index (χ0v) is 9.62. The van der Waals surface area contributed by atoms with Crippen molar-refractivity contribution < 1.29 is 9.52 Å². The van der Waals surface area contributed by atoms with Gasteiger partial charge in [0.1, 0.15) is 5.76 Å². The van der Waals surface area contributed by atoms with E-state index < -0.39 is 0 Å². The standard InChI is InChI=1S/C12H21NO2/c1-12(2,10-14)6-4-7-13-9-11-5-3-8-15-11/h3,5,8,13-14H,4,6-7,9-10H2,1-2H3. The molecule has 0 bridgehead atoms. The van der Waals surface area contributed by atoms with E-state index in [0.717, 1.165) is 31.7 Å². The Balaban J connectivity index is 2.03. The summed E-state index contributed by atoms with van der Waals surface area (Å²) in [6.45, 7) is 6.17. The lowest BCUT2D eigenvalue weighted by molar-refractivity contribution is 0.148. The van der Waals surface area contributed by atoms with E-state index in [4.69, 9.17) is 9.52 Å². The van der Waals surface area contributed by atoms with Crippen molar-refractivity contribution in [1.29, 1.82) is 0 Å². The molecule has 3 nitrogen and oxygen atoms in total. The van der Waals surface area contributed by atoms with Crippen LogP contribution in [0.5, 0.6) is 0 Å². The van der Waals surface area contributed by atoms with E-state index in [1.54, 1.807) is 6.26 Å². The second-order valence-corrected chi connectivity index (χ2v) is 4.68. The Morgan fingerprint density at radius 3 is 2.87 bits per heavy atom. The highest BCUT2D eigenvalue weighted by Gasteiger charge is 2.14. The fourth-order valence-corrected chi connectivity index (χ4v) is 1.40. The number of nitrogens with one attached hydrogen (secondary N) is 1.